The number of nitrogens with zero attached hydrogens (tertiary/aromatic N) is 2. The summed E-state index contributed by atoms with van der Waals surface area (Å²) in [5.41, 5.74) is 1.69. The Bertz CT molecular complexity index is 594. The number of hydrogen-bond donors (Lipinski definition) is 1. The lowest BCUT2D eigenvalue weighted by Gasteiger charge is -2.09. The van der Waals surface area contributed by atoms with Gasteiger partial charge in [0.1, 0.15) is 18.2 Å². The summed E-state index contributed by atoms with van der Waals surface area (Å²) in [5.74, 6) is 3.91. The highest BCUT2D eigenvalue weighted by atomic mass is 16.5. The van der Waals surface area contributed by atoms with Crippen molar-refractivity contribution in [2.45, 2.75) is 33.1 Å². The van der Waals surface area contributed by atoms with E-state index >= 15 is 0 Å². The van der Waals surface area contributed by atoms with Gasteiger partial charge in [-0.2, -0.15) is 0 Å². The maximum absolute atomic E-state index is 9.28. The quantitative estimate of drug-likeness (QED) is 0.836. The molecule has 0 amide bonds. The molecule has 0 aliphatic rings. The van der Waals surface area contributed by atoms with Crippen molar-refractivity contribution in [3.05, 3.63) is 24.0 Å². The lowest BCUT2D eigenvalue weighted by molar-refractivity contribution is 0.242. The highest BCUT2D eigenvalue weighted by molar-refractivity contribution is 5.78. The SMILES string of the molecule is C#CCn1c(CO)nc2cc(OC(C)C)ccc21. The van der Waals surface area contributed by atoms with Crippen molar-refractivity contribution in [3.63, 3.8) is 0 Å². The maximum atomic E-state index is 9.28. The van der Waals surface area contributed by atoms with Gasteiger partial charge in [0.25, 0.3) is 0 Å². The zero-order chi connectivity index (χ0) is 13.1. The van der Waals surface area contributed by atoms with Crippen LogP contribution in [0.4, 0.5) is 0 Å². The summed E-state index contributed by atoms with van der Waals surface area (Å²) in [4.78, 5) is 4.36. The first kappa shape index (κ1) is 12.5. The number of aromatic nitrogens is 2. The van der Waals surface area contributed by atoms with Crippen molar-refractivity contribution >= 4 is 11.0 Å². The van der Waals surface area contributed by atoms with Gasteiger partial charge < -0.3 is 14.4 Å². The van der Waals surface area contributed by atoms with Crippen LogP contribution in [0.1, 0.15) is 19.7 Å². The normalized spacial score (nSPS) is 10.8. The predicted molar refractivity (Wildman–Crippen MR) is 70.3 cm³/mol. The fraction of sp³-hybridized carbons (Fsp3) is 0.357. The fourth-order valence-electron chi connectivity index (χ4n) is 1.89. The van der Waals surface area contributed by atoms with Gasteiger partial charge in [0.15, 0.2) is 0 Å². The Hall–Kier alpha value is -1.99. The van der Waals surface area contributed by atoms with Crippen molar-refractivity contribution in [1.82, 2.24) is 9.55 Å². The van der Waals surface area contributed by atoms with Crippen LogP contribution in [0, 0.1) is 12.3 Å². The number of aliphatic hydroxyl groups is 1. The minimum Gasteiger partial charge on any atom is -0.491 e. The van der Waals surface area contributed by atoms with Gasteiger partial charge in [0.2, 0.25) is 0 Å². The van der Waals surface area contributed by atoms with E-state index in [-0.39, 0.29) is 12.7 Å². The number of terminal acetylenes is 1. The van der Waals surface area contributed by atoms with Gasteiger partial charge in [-0.1, -0.05) is 5.92 Å². The van der Waals surface area contributed by atoms with Gasteiger partial charge in [-0.3, -0.25) is 0 Å². The molecule has 1 N–H and O–H groups in total. The molecule has 0 bridgehead atoms. The fourth-order valence-corrected chi connectivity index (χ4v) is 1.89. The van der Waals surface area contributed by atoms with E-state index in [2.05, 4.69) is 10.9 Å². The van der Waals surface area contributed by atoms with Crippen molar-refractivity contribution in [1.29, 1.82) is 0 Å². The third kappa shape index (κ3) is 2.31. The maximum Gasteiger partial charge on any atom is 0.136 e. The molecule has 0 radical (unpaired) electrons. The Kier molecular flexibility index (Phi) is 3.54. The lowest BCUT2D eigenvalue weighted by atomic mass is 10.3. The average Bonchev–Trinajstić information content (AvgIpc) is 2.66. The Labute approximate surface area is 106 Å². The number of fused-ring (bicyclic) bond motifs is 1. The largest absolute Gasteiger partial charge is 0.491 e. The van der Waals surface area contributed by atoms with Crippen LogP contribution in [0.15, 0.2) is 18.2 Å². The molecule has 18 heavy (non-hydrogen) atoms. The molecule has 1 aromatic carbocycles. The minimum absolute atomic E-state index is 0.118. The molecule has 0 aliphatic heterocycles. The van der Waals surface area contributed by atoms with Crippen molar-refractivity contribution < 1.29 is 9.84 Å². The molecular formula is C14H16N2O2. The second kappa shape index (κ2) is 5.11. The van der Waals surface area contributed by atoms with Gasteiger partial charge in [-0.25, -0.2) is 4.98 Å². The van der Waals surface area contributed by atoms with Crippen molar-refractivity contribution in [3.8, 4) is 18.1 Å². The van der Waals surface area contributed by atoms with Crippen LogP contribution in [0.3, 0.4) is 0 Å². The van der Waals surface area contributed by atoms with Crippen LogP contribution in [0.5, 0.6) is 5.75 Å². The molecule has 0 saturated heterocycles. The van der Waals surface area contributed by atoms with Crippen LogP contribution in [0.25, 0.3) is 11.0 Å². The number of aliphatic hydroxyl groups excluding tert-OH is 1. The van der Waals surface area contributed by atoms with Gasteiger partial charge in [-0.05, 0) is 26.0 Å². The lowest BCUT2D eigenvalue weighted by Crippen LogP contribution is -2.05. The first-order valence-electron chi connectivity index (χ1n) is 5.86. The van der Waals surface area contributed by atoms with Crippen LogP contribution in [-0.4, -0.2) is 20.8 Å². The number of imidazole rings is 1. The molecular weight excluding hydrogens is 228 g/mol. The smallest absolute Gasteiger partial charge is 0.136 e. The second-order valence-electron chi connectivity index (χ2n) is 4.29. The third-order valence-electron chi connectivity index (χ3n) is 2.56. The monoisotopic (exact) mass is 244 g/mol. The molecule has 94 valence electrons. The van der Waals surface area contributed by atoms with E-state index in [4.69, 9.17) is 11.2 Å². The molecule has 0 spiro atoms. The first-order valence-corrected chi connectivity index (χ1v) is 5.86. The Morgan fingerprint density at radius 3 is 2.89 bits per heavy atom. The Morgan fingerprint density at radius 1 is 1.50 bits per heavy atom. The highest BCUT2D eigenvalue weighted by Crippen LogP contribution is 2.22. The summed E-state index contributed by atoms with van der Waals surface area (Å²) in [6, 6.07) is 5.66. The summed E-state index contributed by atoms with van der Waals surface area (Å²) >= 11 is 0. The number of benzene rings is 1. The van der Waals surface area contributed by atoms with Gasteiger partial charge in [0, 0.05) is 6.07 Å². The zero-order valence-electron chi connectivity index (χ0n) is 10.6. The predicted octanol–water partition coefficient (Wildman–Crippen LogP) is 1.95. The first-order chi connectivity index (χ1) is 8.65. The average molecular weight is 244 g/mol. The van der Waals surface area contributed by atoms with Crippen LogP contribution < -0.4 is 4.74 Å². The molecule has 1 aromatic heterocycles. The van der Waals surface area contributed by atoms with Gasteiger partial charge in [-0.15, -0.1) is 6.42 Å². The van der Waals surface area contributed by atoms with Crippen LogP contribution >= 0.6 is 0 Å². The molecule has 4 nitrogen and oxygen atoms in total. The molecule has 0 saturated carbocycles. The van der Waals surface area contributed by atoms with Crippen LogP contribution in [0.2, 0.25) is 0 Å². The van der Waals surface area contributed by atoms with Gasteiger partial charge >= 0.3 is 0 Å². The van der Waals surface area contributed by atoms with Crippen molar-refractivity contribution in [2.75, 3.05) is 0 Å². The number of rotatable bonds is 4. The summed E-state index contributed by atoms with van der Waals surface area (Å²) < 4.78 is 7.44. The summed E-state index contributed by atoms with van der Waals surface area (Å²) in [7, 11) is 0. The molecule has 2 rings (SSSR count). The standard InChI is InChI=1S/C14H16N2O2/c1-4-7-16-13-6-5-11(18-10(2)3)8-12(13)15-14(16)9-17/h1,5-6,8,10,17H,7,9H2,2-3H3. The van der Waals surface area contributed by atoms with Crippen LogP contribution in [-0.2, 0) is 13.2 Å². The zero-order valence-corrected chi connectivity index (χ0v) is 10.6. The van der Waals surface area contributed by atoms with E-state index in [1.54, 1.807) is 0 Å². The molecule has 0 fully saturated rings. The Morgan fingerprint density at radius 2 is 2.28 bits per heavy atom. The molecule has 2 aromatic rings. The van der Waals surface area contributed by atoms with Crippen molar-refractivity contribution in [2.24, 2.45) is 0 Å². The summed E-state index contributed by atoms with van der Waals surface area (Å²) in [6.45, 7) is 4.22. The summed E-state index contributed by atoms with van der Waals surface area (Å²) in [6.07, 6.45) is 5.44. The van der Waals surface area contributed by atoms with E-state index in [1.165, 1.54) is 0 Å². The van der Waals surface area contributed by atoms with E-state index in [0.29, 0.717) is 12.4 Å². The van der Waals surface area contributed by atoms with E-state index < -0.39 is 0 Å². The third-order valence-corrected chi connectivity index (χ3v) is 2.56. The summed E-state index contributed by atoms with van der Waals surface area (Å²) in [5, 5.41) is 9.28. The topological polar surface area (TPSA) is 47.3 Å². The second-order valence-corrected chi connectivity index (χ2v) is 4.29. The number of ether oxygens (including phenoxy) is 1. The van der Waals surface area contributed by atoms with E-state index in [9.17, 15) is 5.11 Å². The van der Waals surface area contributed by atoms with E-state index in [1.807, 2.05) is 36.6 Å². The molecule has 0 aliphatic carbocycles. The molecule has 1 heterocycles. The highest BCUT2D eigenvalue weighted by Gasteiger charge is 2.10. The molecule has 0 unspecified atom stereocenters. The van der Waals surface area contributed by atoms with E-state index in [0.717, 1.165) is 16.8 Å². The minimum atomic E-state index is -0.128. The molecule has 0 atom stereocenters. The molecule has 4 heteroatoms. The number of hydrogen-bond acceptors (Lipinski definition) is 3. The Balaban J connectivity index is 2.49. The van der Waals surface area contributed by atoms with Gasteiger partial charge in [0.05, 0.1) is 23.7 Å².